The molecule has 1 N–H and O–H groups in total. The van der Waals surface area contributed by atoms with E-state index >= 15 is 0 Å². The zero-order chi connectivity index (χ0) is 9.71. The van der Waals surface area contributed by atoms with Crippen LogP contribution in [0.1, 0.15) is 23.5 Å². The van der Waals surface area contributed by atoms with Crippen molar-refractivity contribution in [3.63, 3.8) is 0 Å². The summed E-state index contributed by atoms with van der Waals surface area (Å²) < 4.78 is 0. The lowest BCUT2D eigenvalue weighted by atomic mass is 9.83. The van der Waals surface area contributed by atoms with Crippen molar-refractivity contribution in [1.82, 2.24) is 0 Å². The van der Waals surface area contributed by atoms with E-state index in [4.69, 9.17) is 0 Å². The molecule has 70 valence electrons. The smallest absolute Gasteiger partial charge is 0.232 e. The fraction of sp³-hybridized carbons (Fsp3) is 0.273. The van der Waals surface area contributed by atoms with Gasteiger partial charge in [-0.05, 0) is 17.2 Å². The van der Waals surface area contributed by atoms with Gasteiger partial charge in [0.1, 0.15) is 5.78 Å². The molecule has 0 fully saturated rings. The number of carbonyl (C=O) groups excluding carboxylic acids is 2. The van der Waals surface area contributed by atoms with Crippen molar-refractivity contribution < 1.29 is 9.59 Å². The number of anilines is 1. The van der Waals surface area contributed by atoms with E-state index in [2.05, 4.69) is 5.32 Å². The van der Waals surface area contributed by atoms with Crippen LogP contribution in [0.3, 0.4) is 0 Å². The number of ketones is 1. The Hall–Kier alpha value is -1.64. The molecule has 0 spiro atoms. The molecule has 0 radical (unpaired) electrons. The van der Waals surface area contributed by atoms with Crippen molar-refractivity contribution in [3.05, 3.63) is 29.3 Å². The Kier molecular flexibility index (Phi) is 1.35. The molecular weight excluding hydrogens is 178 g/mol. The molecule has 0 bridgehead atoms. The molecule has 1 aromatic carbocycles. The molecule has 1 atom stereocenters. The maximum Gasteiger partial charge on any atom is 0.232 e. The summed E-state index contributed by atoms with van der Waals surface area (Å²) >= 11 is 0. The Labute approximate surface area is 81.1 Å². The first-order chi connectivity index (χ1) is 6.75. The highest BCUT2D eigenvalue weighted by molar-refractivity contribution is 6.07. The maximum atomic E-state index is 11.5. The quantitative estimate of drug-likeness (QED) is 0.664. The number of rotatable bonds is 0. The SMILES string of the molecule is O=C1Cc2cccc3c2C(C1)C(=O)N3. The summed E-state index contributed by atoms with van der Waals surface area (Å²) in [4.78, 5) is 22.9. The summed E-state index contributed by atoms with van der Waals surface area (Å²) in [6.07, 6.45) is 0.852. The van der Waals surface area contributed by atoms with Gasteiger partial charge in [0, 0.05) is 18.5 Å². The lowest BCUT2D eigenvalue weighted by molar-refractivity contribution is -0.124. The summed E-state index contributed by atoms with van der Waals surface area (Å²) in [7, 11) is 0. The number of carbonyl (C=O) groups is 2. The van der Waals surface area contributed by atoms with E-state index in [-0.39, 0.29) is 17.6 Å². The third-order valence-electron chi connectivity index (χ3n) is 2.94. The van der Waals surface area contributed by atoms with Crippen LogP contribution < -0.4 is 5.32 Å². The summed E-state index contributed by atoms with van der Waals surface area (Å²) in [5.41, 5.74) is 2.96. The van der Waals surface area contributed by atoms with E-state index in [9.17, 15) is 9.59 Å². The molecule has 1 aliphatic carbocycles. The van der Waals surface area contributed by atoms with Crippen molar-refractivity contribution in [3.8, 4) is 0 Å². The Morgan fingerprint density at radius 2 is 2.14 bits per heavy atom. The summed E-state index contributed by atoms with van der Waals surface area (Å²) in [6.45, 7) is 0. The van der Waals surface area contributed by atoms with Crippen LogP contribution >= 0.6 is 0 Å². The Morgan fingerprint density at radius 3 is 3.00 bits per heavy atom. The van der Waals surface area contributed by atoms with Crippen molar-refractivity contribution in [2.45, 2.75) is 18.8 Å². The average molecular weight is 187 g/mol. The van der Waals surface area contributed by atoms with Gasteiger partial charge in [-0.3, -0.25) is 9.59 Å². The van der Waals surface area contributed by atoms with Gasteiger partial charge in [0.25, 0.3) is 0 Å². The molecule has 0 saturated heterocycles. The van der Waals surface area contributed by atoms with Gasteiger partial charge in [0.15, 0.2) is 0 Å². The second kappa shape index (κ2) is 2.44. The largest absolute Gasteiger partial charge is 0.325 e. The van der Waals surface area contributed by atoms with Crippen LogP contribution in [0, 0.1) is 0 Å². The number of benzene rings is 1. The van der Waals surface area contributed by atoms with Crippen LogP contribution in [0.2, 0.25) is 0 Å². The third-order valence-corrected chi connectivity index (χ3v) is 2.94. The van der Waals surface area contributed by atoms with Crippen LogP contribution in [0.4, 0.5) is 5.69 Å². The molecule has 2 aliphatic rings. The zero-order valence-corrected chi connectivity index (χ0v) is 7.54. The summed E-state index contributed by atoms with van der Waals surface area (Å²) in [5.74, 6) is -0.0837. The normalized spacial score (nSPS) is 23.3. The first-order valence-corrected chi connectivity index (χ1v) is 4.70. The lowest BCUT2D eigenvalue weighted by Crippen LogP contribution is -2.21. The average Bonchev–Trinajstić information content (AvgIpc) is 2.45. The lowest BCUT2D eigenvalue weighted by Gasteiger charge is -2.17. The standard InChI is InChI=1S/C11H9NO2/c13-7-4-6-2-1-3-9-10(6)8(5-7)11(14)12-9/h1-3,8H,4-5H2,(H,12,14). The highest BCUT2D eigenvalue weighted by Crippen LogP contribution is 2.40. The second-order valence-corrected chi connectivity index (χ2v) is 3.84. The van der Waals surface area contributed by atoms with Gasteiger partial charge in [0.05, 0.1) is 5.92 Å². The maximum absolute atomic E-state index is 11.5. The fourth-order valence-electron chi connectivity index (χ4n) is 2.35. The van der Waals surface area contributed by atoms with Crippen molar-refractivity contribution >= 4 is 17.4 Å². The van der Waals surface area contributed by atoms with Gasteiger partial charge in [-0.2, -0.15) is 0 Å². The molecule has 1 aliphatic heterocycles. The first-order valence-electron chi connectivity index (χ1n) is 4.70. The van der Waals surface area contributed by atoms with Crippen molar-refractivity contribution in [2.75, 3.05) is 5.32 Å². The molecule has 1 amide bonds. The van der Waals surface area contributed by atoms with Crippen LogP contribution in [0.25, 0.3) is 0 Å². The first kappa shape index (κ1) is 7.74. The van der Waals surface area contributed by atoms with E-state index in [1.165, 1.54) is 0 Å². The van der Waals surface area contributed by atoms with Gasteiger partial charge in [-0.1, -0.05) is 12.1 Å². The minimum absolute atomic E-state index is 0.0273. The zero-order valence-electron chi connectivity index (χ0n) is 7.54. The van der Waals surface area contributed by atoms with E-state index in [0.29, 0.717) is 12.8 Å². The molecule has 3 heteroatoms. The fourth-order valence-corrected chi connectivity index (χ4v) is 2.35. The van der Waals surface area contributed by atoms with Crippen LogP contribution in [-0.2, 0) is 16.0 Å². The molecule has 3 nitrogen and oxygen atoms in total. The Balaban J connectivity index is 2.25. The Morgan fingerprint density at radius 1 is 1.29 bits per heavy atom. The molecule has 1 heterocycles. The molecule has 1 unspecified atom stereocenters. The van der Waals surface area contributed by atoms with Crippen LogP contribution in [0.15, 0.2) is 18.2 Å². The van der Waals surface area contributed by atoms with Crippen molar-refractivity contribution in [1.29, 1.82) is 0 Å². The van der Waals surface area contributed by atoms with Gasteiger partial charge in [-0.15, -0.1) is 0 Å². The number of nitrogens with one attached hydrogen (secondary N) is 1. The topological polar surface area (TPSA) is 46.2 Å². The summed E-state index contributed by atoms with van der Waals surface area (Å²) in [6, 6.07) is 5.71. The molecular formula is C11H9NO2. The minimum atomic E-state index is -0.220. The van der Waals surface area contributed by atoms with Gasteiger partial charge in [-0.25, -0.2) is 0 Å². The molecule has 14 heavy (non-hydrogen) atoms. The number of Topliss-reactive ketones (excluding diaryl/α,β-unsaturated/α-hetero) is 1. The molecule has 3 rings (SSSR count). The molecule has 0 saturated carbocycles. The van der Waals surface area contributed by atoms with Gasteiger partial charge >= 0.3 is 0 Å². The number of amides is 1. The van der Waals surface area contributed by atoms with Crippen LogP contribution in [0.5, 0.6) is 0 Å². The predicted octanol–water partition coefficient (Wildman–Crippen LogP) is 1.24. The third kappa shape index (κ3) is 0.867. The van der Waals surface area contributed by atoms with Crippen LogP contribution in [-0.4, -0.2) is 11.7 Å². The van der Waals surface area contributed by atoms with Gasteiger partial charge < -0.3 is 5.32 Å². The van der Waals surface area contributed by atoms with E-state index < -0.39 is 0 Å². The minimum Gasteiger partial charge on any atom is -0.325 e. The number of hydrogen-bond donors (Lipinski definition) is 1. The summed E-state index contributed by atoms with van der Waals surface area (Å²) in [5, 5.41) is 2.81. The predicted molar refractivity (Wildman–Crippen MR) is 51.1 cm³/mol. The number of hydrogen-bond acceptors (Lipinski definition) is 2. The Bertz CT molecular complexity index is 451. The highest BCUT2D eigenvalue weighted by Gasteiger charge is 2.37. The monoisotopic (exact) mass is 187 g/mol. The molecule has 1 aromatic rings. The van der Waals surface area contributed by atoms with E-state index in [1.807, 2.05) is 18.2 Å². The van der Waals surface area contributed by atoms with Gasteiger partial charge in [0.2, 0.25) is 5.91 Å². The molecule has 0 aromatic heterocycles. The van der Waals surface area contributed by atoms with E-state index in [0.717, 1.165) is 16.8 Å². The highest BCUT2D eigenvalue weighted by atomic mass is 16.2. The van der Waals surface area contributed by atoms with Crippen molar-refractivity contribution in [2.24, 2.45) is 0 Å². The second-order valence-electron chi connectivity index (χ2n) is 3.84. The van der Waals surface area contributed by atoms with E-state index in [1.54, 1.807) is 0 Å².